The summed E-state index contributed by atoms with van der Waals surface area (Å²) in [5.74, 6) is 0. The van der Waals surface area contributed by atoms with Crippen molar-refractivity contribution >= 4 is 17.1 Å². The van der Waals surface area contributed by atoms with Crippen LogP contribution in [0.25, 0.3) is 0 Å². The molecule has 0 bridgehead atoms. The van der Waals surface area contributed by atoms with E-state index in [9.17, 15) is 0 Å². The van der Waals surface area contributed by atoms with Gasteiger partial charge in [0.25, 0.3) is 0 Å². The monoisotopic (exact) mass is 234 g/mol. The second-order valence-electron chi connectivity index (χ2n) is 3.66. The number of anilines is 3. The van der Waals surface area contributed by atoms with Crippen molar-refractivity contribution in [2.45, 2.75) is 0 Å². The van der Waals surface area contributed by atoms with Crippen molar-refractivity contribution in [3.05, 3.63) is 53.6 Å². The predicted molar refractivity (Wildman–Crippen MR) is 70.0 cm³/mol. The molecule has 4 heteroatoms. The number of rotatable bonds is 2. The Morgan fingerprint density at radius 1 is 0.833 bits per heavy atom. The van der Waals surface area contributed by atoms with E-state index in [1.54, 1.807) is 36.4 Å². The number of hydrogen-bond donors (Lipinski definition) is 2. The van der Waals surface area contributed by atoms with Gasteiger partial charge in [0.2, 0.25) is 0 Å². The molecule has 4 nitrogen and oxygen atoms in total. The Labute approximate surface area is 105 Å². The van der Waals surface area contributed by atoms with Crippen LogP contribution in [0.5, 0.6) is 0 Å². The number of hydrogen-bond acceptors (Lipinski definition) is 4. The van der Waals surface area contributed by atoms with E-state index in [-0.39, 0.29) is 0 Å². The zero-order valence-corrected chi connectivity index (χ0v) is 9.51. The molecule has 0 saturated carbocycles. The highest BCUT2D eigenvalue weighted by Crippen LogP contribution is 2.27. The maximum Gasteiger partial charge on any atom is 0.101 e. The first-order valence-electron chi connectivity index (χ1n) is 5.31. The van der Waals surface area contributed by atoms with Crippen molar-refractivity contribution in [1.29, 1.82) is 10.5 Å². The average molecular weight is 234 g/mol. The topological polar surface area (TPSA) is 85.6 Å². The Kier molecular flexibility index (Phi) is 3.13. The van der Waals surface area contributed by atoms with Crippen LogP contribution in [0.3, 0.4) is 0 Å². The summed E-state index contributed by atoms with van der Waals surface area (Å²) in [7, 11) is 0. The quantitative estimate of drug-likeness (QED) is 0.782. The predicted octanol–water partition coefficient (Wildman–Crippen LogP) is 2.76. The first kappa shape index (κ1) is 11.5. The highest BCUT2D eigenvalue weighted by molar-refractivity contribution is 5.78. The molecule has 86 valence electrons. The van der Waals surface area contributed by atoms with E-state index in [0.717, 1.165) is 0 Å². The molecule has 0 aliphatic rings. The molecule has 0 unspecified atom stereocenters. The van der Waals surface area contributed by atoms with Crippen LogP contribution in [-0.4, -0.2) is 0 Å². The second kappa shape index (κ2) is 4.90. The third-order valence-corrected chi connectivity index (χ3v) is 2.54. The Morgan fingerprint density at radius 3 is 2.17 bits per heavy atom. The second-order valence-corrected chi connectivity index (χ2v) is 3.66. The molecule has 2 rings (SSSR count). The lowest BCUT2D eigenvalue weighted by Gasteiger charge is -2.11. The molecule has 18 heavy (non-hydrogen) atoms. The minimum Gasteiger partial charge on any atom is -0.396 e. The molecule has 0 spiro atoms. The van der Waals surface area contributed by atoms with E-state index < -0.39 is 0 Å². The van der Waals surface area contributed by atoms with Gasteiger partial charge < -0.3 is 11.1 Å². The van der Waals surface area contributed by atoms with Crippen LogP contribution in [0.2, 0.25) is 0 Å². The molecular formula is C14H10N4. The van der Waals surface area contributed by atoms with Crippen LogP contribution in [0, 0.1) is 22.7 Å². The third-order valence-electron chi connectivity index (χ3n) is 2.54. The number of nitrogen functional groups attached to an aromatic ring is 1. The molecule has 0 aliphatic heterocycles. The van der Waals surface area contributed by atoms with Gasteiger partial charge >= 0.3 is 0 Å². The van der Waals surface area contributed by atoms with Crippen molar-refractivity contribution in [1.82, 2.24) is 0 Å². The Hall–Kier alpha value is -2.98. The number of para-hydroxylation sites is 2. The Balaban J connectivity index is 2.42. The molecule has 3 N–H and O–H groups in total. The largest absolute Gasteiger partial charge is 0.396 e. The summed E-state index contributed by atoms with van der Waals surface area (Å²) >= 11 is 0. The van der Waals surface area contributed by atoms with E-state index in [4.69, 9.17) is 16.3 Å². The van der Waals surface area contributed by atoms with Gasteiger partial charge in [0.15, 0.2) is 0 Å². The maximum atomic E-state index is 8.99. The molecule has 2 aromatic carbocycles. The van der Waals surface area contributed by atoms with Crippen LogP contribution in [-0.2, 0) is 0 Å². The first-order chi connectivity index (χ1) is 8.76. The number of nitrogens with one attached hydrogen (secondary N) is 1. The van der Waals surface area contributed by atoms with Crippen LogP contribution in [0.4, 0.5) is 17.1 Å². The molecule has 0 fully saturated rings. The van der Waals surface area contributed by atoms with Crippen LogP contribution < -0.4 is 11.1 Å². The summed E-state index contributed by atoms with van der Waals surface area (Å²) in [4.78, 5) is 0. The summed E-state index contributed by atoms with van der Waals surface area (Å²) in [6.07, 6.45) is 0. The smallest absolute Gasteiger partial charge is 0.101 e. The highest BCUT2D eigenvalue weighted by Gasteiger charge is 2.06. The van der Waals surface area contributed by atoms with Gasteiger partial charge in [0, 0.05) is 0 Å². The van der Waals surface area contributed by atoms with E-state index in [1.165, 1.54) is 0 Å². The Bertz CT molecular complexity index is 662. The van der Waals surface area contributed by atoms with Crippen molar-refractivity contribution in [2.75, 3.05) is 11.1 Å². The molecule has 0 amide bonds. The summed E-state index contributed by atoms with van der Waals surface area (Å²) in [6.45, 7) is 0. The number of benzene rings is 2. The summed E-state index contributed by atoms with van der Waals surface area (Å²) < 4.78 is 0. The molecule has 0 heterocycles. The van der Waals surface area contributed by atoms with Gasteiger partial charge in [0.1, 0.15) is 12.1 Å². The zero-order chi connectivity index (χ0) is 13.0. The van der Waals surface area contributed by atoms with E-state index in [2.05, 4.69) is 11.4 Å². The van der Waals surface area contributed by atoms with Gasteiger partial charge in [0.05, 0.1) is 28.2 Å². The van der Waals surface area contributed by atoms with Gasteiger partial charge in [-0.25, -0.2) is 0 Å². The summed E-state index contributed by atoms with van der Waals surface area (Å²) in [6, 6.07) is 16.4. The van der Waals surface area contributed by atoms with Gasteiger partial charge in [-0.15, -0.1) is 0 Å². The number of nitrogens with two attached hydrogens (primary N) is 1. The minimum absolute atomic E-state index is 0.382. The van der Waals surface area contributed by atoms with Crippen molar-refractivity contribution < 1.29 is 0 Å². The lowest BCUT2D eigenvalue weighted by molar-refractivity contribution is 1.45. The Morgan fingerprint density at radius 2 is 1.44 bits per heavy atom. The molecule has 0 radical (unpaired) electrons. The molecule has 0 atom stereocenters. The third kappa shape index (κ3) is 2.09. The summed E-state index contributed by atoms with van der Waals surface area (Å²) in [5.41, 5.74) is 8.48. The van der Waals surface area contributed by atoms with Crippen molar-refractivity contribution in [3.63, 3.8) is 0 Å². The van der Waals surface area contributed by atoms with Gasteiger partial charge in [-0.3, -0.25) is 0 Å². The molecule has 0 aromatic heterocycles. The molecular weight excluding hydrogens is 224 g/mol. The average Bonchev–Trinajstić information content (AvgIpc) is 2.42. The maximum absolute atomic E-state index is 8.99. The van der Waals surface area contributed by atoms with Crippen molar-refractivity contribution in [2.24, 2.45) is 0 Å². The fourth-order valence-electron chi connectivity index (χ4n) is 1.61. The van der Waals surface area contributed by atoms with Gasteiger partial charge in [-0.2, -0.15) is 10.5 Å². The molecule has 0 saturated heterocycles. The molecule has 0 aliphatic carbocycles. The van der Waals surface area contributed by atoms with Gasteiger partial charge in [-0.1, -0.05) is 18.2 Å². The SMILES string of the molecule is N#Cc1ccccc1Nc1cccc(C#N)c1N. The van der Waals surface area contributed by atoms with Crippen LogP contribution >= 0.6 is 0 Å². The van der Waals surface area contributed by atoms with E-state index in [0.29, 0.717) is 28.2 Å². The van der Waals surface area contributed by atoms with E-state index >= 15 is 0 Å². The highest BCUT2D eigenvalue weighted by atomic mass is 14.9. The van der Waals surface area contributed by atoms with E-state index in [1.807, 2.05) is 12.1 Å². The fourth-order valence-corrected chi connectivity index (χ4v) is 1.61. The van der Waals surface area contributed by atoms with Gasteiger partial charge in [-0.05, 0) is 24.3 Å². The number of nitriles is 2. The molecule has 2 aromatic rings. The lowest BCUT2D eigenvalue weighted by atomic mass is 10.1. The minimum atomic E-state index is 0.382. The summed E-state index contributed by atoms with van der Waals surface area (Å²) in [5, 5.41) is 21.0. The normalized spacial score (nSPS) is 9.22. The lowest BCUT2D eigenvalue weighted by Crippen LogP contribution is -1.99. The van der Waals surface area contributed by atoms with Crippen LogP contribution in [0.15, 0.2) is 42.5 Å². The standard InChI is InChI=1S/C14H10N4/c15-8-10-4-1-2-6-12(10)18-13-7-3-5-11(9-16)14(13)17/h1-7,18H,17H2. The first-order valence-corrected chi connectivity index (χ1v) is 5.31. The number of nitrogens with zero attached hydrogens (tertiary/aromatic N) is 2. The fraction of sp³-hybridized carbons (Fsp3) is 0. The van der Waals surface area contributed by atoms with Crippen molar-refractivity contribution in [3.8, 4) is 12.1 Å². The van der Waals surface area contributed by atoms with Crippen LogP contribution in [0.1, 0.15) is 11.1 Å². The zero-order valence-electron chi connectivity index (χ0n) is 9.51.